The first-order valence-electron chi connectivity index (χ1n) is 9.19. The van der Waals surface area contributed by atoms with Gasteiger partial charge in [-0.3, -0.25) is 10.1 Å². The summed E-state index contributed by atoms with van der Waals surface area (Å²) in [5.41, 5.74) is 0.0469. The first-order valence-corrected chi connectivity index (χ1v) is 9.19. The molecule has 1 heterocycles. The molecule has 1 saturated heterocycles. The zero-order valence-corrected chi connectivity index (χ0v) is 16.4. The largest absolute Gasteiger partial charge is 0.452 e. The summed E-state index contributed by atoms with van der Waals surface area (Å²) in [6.07, 6.45) is 1.47. The van der Waals surface area contributed by atoms with E-state index in [-0.39, 0.29) is 18.1 Å². The number of likely N-dealkylation sites (tertiary alicyclic amines) is 1. The Bertz CT molecular complexity index is 696. The van der Waals surface area contributed by atoms with Gasteiger partial charge in [0, 0.05) is 18.8 Å². The zero-order chi connectivity index (χ0) is 20.0. The Morgan fingerprint density at radius 2 is 2.00 bits per heavy atom. The fourth-order valence-corrected chi connectivity index (χ4v) is 2.86. The maximum atomic E-state index is 12.2. The highest BCUT2D eigenvalue weighted by molar-refractivity contribution is 5.93. The third kappa shape index (κ3) is 6.92. The van der Waals surface area contributed by atoms with Crippen molar-refractivity contribution in [3.05, 3.63) is 29.8 Å². The van der Waals surface area contributed by atoms with Crippen molar-refractivity contribution in [1.82, 2.24) is 4.90 Å². The molecule has 0 unspecified atom stereocenters. The third-order valence-corrected chi connectivity index (χ3v) is 4.08. The summed E-state index contributed by atoms with van der Waals surface area (Å²) in [7, 11) is 0. The molecule has 27 heavy (non-hydrogen) atoms. The fraction of sp³-hybridized carbons (Fsp3) is 0.550. The predicted octanol–water partition coefficient (Wildman–Crippen LogP) is 3.45. The lowest BCUT2D eigenvalue weighted by Crippen LogP contribution is -2.41. The Kier molecular flexibility index (Phi) is 6.82. The molecule has 1 N–H and O–H groups in total. The van der Waals surface area contributed by atoms with Gasteiger partial charge in [0.05, 0.1) is 5.56 Å². The molecule has 1 aliphatic rings. The minimum atomic E-state index is -0.618. The van der Waals surface area contributed by atoms with Gasteiger partial charge < -0.3 is 14.4 Å². The van der Waals surface area contributed by atoms with Crippen LogP contribution in [-0.2, 0) is 14.3 Å². The van der Waals surface area contributed by atoms with Gasteiger partial charge in [0.1, 0.15) is 5.60 Å². The topological polar surface area (TPSA) is 84.9 Å². The smallest absolute Gasteiger partial charge is 0.412 e. The second-order valence-corrected chi connectivity index (χ2v) is 7.87. The van der Waals surface area contributed by atoms with Crippen molar-refractivity contribution in [2.24, 2.45) is 5.92 Å². The van der Waals surface area contributed by atoms with Crippen LogP contribution in [0.3, 0.4) is 0 Å². The number of carbonyl (C=O) groups excluding carboxylic acids is 3. The molecule has 0 aromatic heterocycles. The second kappa shape index (κ2) is 8.88. The Labute approximate surface area is 160 Å². The van der Waals surface area contributed by atoms with E-state index in [9.17, 15) is 14.4 Å². The molecular formula is C20H28N2O5. The van der Waals surface area contributed by atoms with Crippen LogP contribution >= 0.6 is 0 Å². The van der Waals surface area contributed by atoms with Gasteiger partial charge in [0.2, 0.25) is 0 Å². The van der Waals surface area contributed by atoms with Crippen molar-refractivity contribution < 1.29 is 23.9 Å². The number of ether oxygens (including phenoxy) is 2. The second-order valence-electron chi connectivity index (χ2n) is 7.87. The Balaban J connectivity index is 1.89. The molecule has 1 aromatic rings. The van der Waals surface area contributed by atoms with Gasteiger partial charge in [0.25, 0.3) is 5.91 Å². The van der Waals surface area contributed by atoms with Crippen LogP contribution in [0.2, 0.25) is 0 Å². The molecule has 0 radical (unpaired) electrons. The number of nitrogens with one attached hydrogen (secondary N) is 1. The molecule has 0 bridgehead atoms. The van der Waals surface area contributed by atoms with Gasteiger partial charge in [-0.15, -0.1) is 0 Å². The minimum Gasteiger partial charge on any atom is -0.452 e. The molecule has 1 atom stereocenters. The summed E-state index contributed by atoms with van der Waals surface area (Å²) in [5, 5.41) is 2.57. The van der Waals surface area contributed by atoms with E-state index < -0.39 is 17.7 Å². The number of anilines is 1. The molecule has 0 saturated carbocycles. The molecule has 1 aromatic carbocycles. The predicted molar refractivity (Wildman–Crippen MR) is 102 cm³/mol. The highest BCUT2D eigenvalue weighted by Gasteiger charge is 2.22. The van der Waals surface area contributed by atoms with Crippen LogP contribution in [-0.4, -0.2) is 48.2 Å². The monoisotopic (exact) mass is 376 g/mol. The van der Waals surface area contributed by atoms with E-state index in [1.807, 2.05) is 0 Å². The first-order chi connectivity index (χ1) is 12.6. The number of carbonyl (C=O) groups is 3. The van der Waals surface area contributed by atoms with E-state index in [1.165, 1.54) is 6.07 Å². The molecule has 1 fully saturated rings. The van der Waals surface area contributed by atoms with Crippen molar-refractivity contribution in [3.63, 3.8) is 0 Å². The van der Waals surface area contributed by atoms with Crippen LogP contribution in [0, 0.1) is 5.92 Å². The Hall–Kier alpha value is -2.57. The zero-order valence-electron chi connectivity index (χ0n) is 16.4. The van der Waals surface area contributed by atoms with Gasteiger partial charge in [-0.25, -0.2) is 9.59 Å². The van der Waals surface area contributed by atoms with Gasteiger partial charge >= 0.3 is 12.1 Å². The molecule has 7 nitrogen and oxygen atoms in total. The van der Waals surface area contributed by atoms with E-state index in [1.54, 1.807) is 43.9 Å². The van der Waals surface area contributed by atoms with Gasteiger partial charge in [-0.2, -0.15) is 0 Å². The molecule has 1 aliphatic heterocycles. The Morgan fingerprint density at radius 1 is 1.26 bits per heavy atom. The molecule has 7 heteroatoms. The average molecular weight is 376 g/mol. The number of benzene rings is 1. The van der Waals surface area contributed by atoms with Crippen LogP contribution in [0.5, 0.6) is 0 Å². The highest BCUT2D eigenvalue weighted by atomic mass is 16.6. The SMILES string of the molecule is C[C@H]1CCCN(C(=O)COC(=O)c2cccc(NC(=O)OC(C)(C)C)c2)C1. The molecule has 2 amide bonds. The summed E-state index contributed by atoms with van der Waals surface area (Å²) in [4.78, 5) is 38.0. The van der Waals surface area contributed by atoms with Crippen molar-refractivity contribution >= 4 is 23.7 Å². The van der Waals surface area contributed by atoms with Crippen LogP contribution in [0.4, 0.5) is 10.5 Å². The summed E-state index contributed by atoms with van der Waals surface area (Å²) in [5.74, 6) is -0.326. The van der Waals surface area contributed by atoms with E-state index in [4.69, 9.17) is 9.47 Å². The van der Waals surface area contributed by atoms with Crippen molar-refractivity contribution in [1.29, 1.82) is 0 Å². The van der Waals surface area contributed by atoms with E-state index in [0.29, 0.717) is 24.7 Å². The summed E-state index contributed by atoms with van der Waals surface area (Å²) in [6, 6.07) is 6.31. The normalized spacial score (nSPS) is 17.2. The number of hydrogen-bond acceptors (Lipinski definition) is 5. The standard InChI is InChI=1S/C20H28N2O5/c1-14-7-6-10-22(12-14)17(23)13-26-18(24)15-8-5-9-16(11-15)21-19(25)27-20(2,3)4/h5,8-9,11,14H,6-7,10,12-13H2,1-4H3,(H,21,25)/t14-/m0/s1. The number of esters is 1. The average Bonchev–Trinajstić information content (AvgIpc) is 2.57. The maximum Gasteiger partial charge on any atom is 0.412 e. The third-order valence-electron chi connectivity index (χ3n) is 4.08. The fourth-order valence-electron chi connectivity index (χ4n) is 2.86. The number of hydrogen-bond donors (Lipinski definition) is 1. The van der Waals surface area contributed by atoms with Crippen LogP contribution in [0.15, 0.2) is 24.3 Å². The lowest BCUT2D eigenvalue weighted by atomic mass is 10.0. The van der Waals surface area contributed by atoms with Gasteiger partial charge in [-0.05, 0) is 57.7 Å². The molecule has 148 valence electrons. The molecular weight excluding hydrogens is 348 g/mol. The van der Waals surface area contributed by atoms with Crippen LogP contribution in [0.1, 0.15) is 50.9 Å². The molecule has 0 aliphatic carbocycles. The molecule has 0 spiro atoms. The van der Waals surface area contributed by atoms with E-state index in [2.05, 4.69) is 12.2 Å². The maximum absolute atomic E-state index is 12.2. The summed E-state index contributed by atoms with van der Waals surface area (Å²) in [6.45, 7) is 8.52. The summed E-state index contributed by atoms with van der Waals surface area (Å²) >= 11 is 0. The van der Waals surface area contributed by atoms with Crippen LogP contribution < -0.4 is 5.32 Å². The molecule has 2 rings (SSSR count). The van der Waals surface area contributed by atoms with Crippen molar-refractivity contribution in [2.75, 3.05) is 25.0 Å². The summed E-state index contributed by atoms with van der Waals surface area (Å²) < 4.78 is 10.3. The lowest BCUT2D eigenvalue weighted by molar-refractivity contribution is -0.136. The number of piperidine rings is 1. The van der Waals surface area contributed by atoms with Crippen molar-refractivity contribution in [3.8, 4) is 0 Å². The number of nitrogens with zero attached hydrogens (tertiary/aromatic N) is 1. The minimum absolute atomic E-state index is 0.182. The lowest BCUT2D eigenvalue weighted by Gasteiger charge is -2.30. The first kappa shape index (κ1) is 20.7. The van der Waals surface area contributed by atoms with Crippen molar-refractivity contribution in [2.45, 2.75) is 46.1 Å². The number of amides is 2. The quantitative estimate of drug-likeness (QED) is 0.814. The number of rotatable bonds is 4. The van der Waals surface area contributed by atoms with E-state index >= 15 is 0 Å². The van der Waals surface area contributed by atoms with Crippen LogP contribution in [0.25, 0.3) is 0 Å². The van der Waals surface area contributed by atoms with E-state index in [0.717, 1.165) is 12.8 Å². The highest BCUT2D eigenvalue weighted by Crippen LogP contribution is 2.17. The Morgan fingerprint density at radius 3 is 2.67 bits per heavy atom. The van der Waals surface area contributed by atoms with Gasteiger partial charge in [-0.1, -0.05) is 13.0 Å². The van der Waals surface area contributed by atoms with Gasteiger partial charge in [0.15, 0.2) is 6.61 Å².